The van der Waals surface area contributed by atoms with E-state index in [0.29, 0.717) is 17.8 Å². The molecule has 0 spiro atoms. The van der Waals surface area contributed by atoms with E-state index in [0.717, 1.165) is 40.5 Å². The lowest BCUT2D eigenvalue weighted by Crippen LogP contribution is -2.36. The normalized spacial score (nSPS) is 13.3. The monoisotopic (exact) mass is 410 g/mol. The Hall–Kier alpha value is -2.73. The Balaban J connectivity index is 1.66. The van der Waals surface area contributed by atoms with Crippen LogP contribution in [0.1, 0.15) is 43.5 Å². The van der Waals surface area contributed by atoms with Crippen LogP contribution in [-0.2, 0) is 12.8 Å². The van der Waals surface area contributed by atoms with Crippen molar-refractivity contribution >= 4 is 22.9 Å². The molecule has 0 saturated carbocycles. The number of halogens is 1. The third kappa shape index (κ3) is 3.77. The first kappa shape index (κ1) is 19.6. The van der Waals surface area contributed by atoms with Crippen LogP contribution in [0.25, 0.3) is 0 Å². The van der Waals surface area contributed by atoms with Gasteiger partial charge in [0, 0.05) is 13.0 Å². The van der Waals surface area contributed by atoms with Crippen LogP contribution in [0, 0.1) is 19.7 Å². The Bertz CT molecular complexity index is 1060. The summed E-state index contributed by atoms with van der Waals surface area (Å²) in [7, 11) is 1.64. The van der Waals surface area contributed by atoms with Gasteiger partial charge in [-0.15, -0.1) is 11.3 Å². The summed E-state index contributed by atoms with van der Waals surface area (Å²) in [5.41, 5.74) is 4.95. The first-order chi connectivity index (χ1) is 14.0. The zero-order chi connectivity index (χ0) is 20.5. The number of aromatic nitrogens is 1. The van der Waals surface area contributed by atoms with Crippen molar-refractivity contribution in [3.05, 3.63) is 74.5 Å². The molecule has 0 N–H and O–H groups in total. The molecule has 0 radical (unpaired) electrons. The first-order valence-electron chi connectivity index (χ1n) is 9.67. The number of amides is 1. The zero-order valence-electron chi connectivity index (χ0n) is 16.8. The average molecular weight is 411 g/mol. The fourth-order valence-corrected chi connectivity index (χ4v) is 4.89. The van der Waals surface area contributed by atoms with Gasteiger partial charge in [0.15, 0.2) is 0 Å². The number of aryl methyl sites for hydroxylation is 2. The van der Waals surface area contributed by atoms with Gasteiger partial charge >= 0.3 is 0 Å². The van der Waals surface area contributed by atoms with Crippen molar-refractivity contribution in [1.82, 2.24) is 4.98 Å². The second-order valence-corrected chi connectivity index (χ2v) is 8.38. The minimum absolute atomic E-state index is 0.0322. The zero-order valence-corrected chi connectivity index (χ0v) is 17.6. The SMILES string of the molecule is COc1ccc(C)c2c1N(C(=O)c1sc(Cc3ccc(F)cc3)nc1C)CCC2. The first-order valence-corrected chi connectivity index (χ1v) is 10.5. The van der Waals surface area contributed by atoms with E-state index < -0.39 is 0 Å². The molecule has 0 atom stereocenters. The summed E-state index contributed by atoms with van der Waals surface area (Å²) in [6, 6.07) is 10.4. The molecule has 3 aromatic rings. The molecule has 4 nitrogen and oxygen atoms in total. The molecule has 4 rings (SSSR count). The van der Waals surface area contributed by atoms with Gasteiger partial charge in [-0.25, -0.2) is 9.37 Å². The van der Waals surface area contributed by atoms with Crippen LogP contribution >= 0.6 is 11.3 Å². The number of rotatable bonds is 4. The molecule has 0 bridgehead atoms. The summed E-state index contributed by atoms with van der Waals surface area (Å²) in [6.45, 7) is 4.61. The fraction of sp³-hybridized carbons (Fsp3) is 0.304. The maximum atomic E-state index is 13.5. The highest BCUT2D eigenvalue weighted by molar-refractivity contribution is 7.14. The number of thiazole rings is 1. The molecule has 0 saturated heterocycles. The molecule has 1 aliphatic rings. The number of anilines is 1. The van der Waals surface area contributed by atoms with Crippen molar-refractivity contribution in [2.45, 2.75) is 33.1 Å². The van der Waals surface area contributed by atoms with Crippen LogP contribution in [0.3, 0.4) is 0 Å². The summed E-state index contributed by atoms with van der Waals surface area (Å²) in [4.78, 5) is 20.6. The van der Waals surface area contributed by atoms with Crippen LogP contribution in [-0.4, -0.2) is 24.5 Å². The molecule has 0 unspecified atom stereocenters. The Morgan fingerprint density at radius 2 is 1.97 bits per heavy atom. The third-order valence-electron chi connectivity index (χ3n) is 5.33. The van der Waals surface area contributed by atoms with Crippen molar-refractivity contribution < 1.29 is 13.9 Å². The molecule has 0 fully saturated rings. The van der Waals surface area contributed by atoms with Crippen molar-refractivity contribution in [1.29, 1.82) is 0 Å². The molecule has 6 heteroatoms. The van der Waals surface area contributed by atoms with E-state index in [1.54, 1.807) is 19.2 Å². The molecule has 29 heavy (non-hydrogen) atoms. The molecular formula is C23H23FN2O2S. The lowest BCUT2D eigenvalue weighted by Gasteiger charge is -2.31. The number of hydrogen-bond acceptors (Lipinski definition) is 4. The molecule has 2 heterocycles. The van der Waals surface area contributed by atoms with Gasteiger partial charge in [0.1, 0.15) is 16.4 Å². The number of carbonyl (C=O) groups is 1. The van der Waals surface area contributed by atoms with Crippen molar-refractivity contribution in [2.24, 2.45) is 0 Å². The molecule has 150 valence electrons. The van der Waals surface area contributed by atoms with E-state index in [2.05, 4.69) is 11.9 Å². The number of ether oxygens (including phenoxy) is 1. The van der Waals surface area contributed by atoms with Crippen molar-refractivity contribution in [2.75, 3.05) is 18.6 Å². The second kappa shape index (κ2) is 7.95. The van der Waals surface area contributed by atoms with Gasteiger partial charge in [-0.05, 0) is 61.6 Å². The van der Waals surface area contributed by atoms with Gasteiger partial charge in [-0.1, -0.05) is 18.2 Å². The predicted octanol–water partition coefficient (Wildman–Crippen LogP) is 5.09. The highest BCUT2D eigenvalue weighted by atomic mass is 32.1. The van der Waals surface area contributed by atoms with Gasteiger partial charge in [0.05, 0.1) is 23.5 Å². The van der Waals surface area contributed by atoms with Crippen LogP contribution < -0.4 is 9.64 Å². The second-order valence-electron chi connectivity index (χ2n) is 7.30. The van der Waals surface area contributed by atoms with E-state index in [1.807, 2.05) is 24.0 Å². The molecular weight excluding hydrogens is 387 g/mol. The Labute approximate surface area is 174 Å². The van der Waals surface area contributed by atoms with Crippen LogP contribution in [0.15, 0.2) is 36.4 Å². The van der Waals surface area contributed by atoms with Crippen LogP contribution in [0.4, 0.5) is 10.1 Å². The van der Waals surface area contributed by atoms with Gasteiger partial charge < -0.3 is 9.64 Å². The van der Waals surface area contributed by atoms with Gasteiger partial charge in [0.25, 0.3) is 5.91 Å². The third-order valence-corrected chi connectivity index (χ3v) is 6.47. The summed E-state index contributed by atoms with van der Waals surface area (Å²) in [6.07, 6.45) is 2.45. The maximum absolute atomic E-state index is 13.5. The standard InChI is InChI=1S/C23H23FN2O2S/c1-14-6-11-19(28-3)21-18(14)5-4-12-26(21)23(27)22-15(2)25-20(29-22)13-16-7-9-17(24)10-8-16/h6-11H,4-5,12-13H2,1-3H3. The van der Waals surface area contributed by atoms with Gasteiger partial charge in [-0.3, -0.25) is 4.79 Å². The lowest BCUT2D eigenvalue weighted by molar-refractivity contribution is 0.0987. The lowest BCUT2D eigenvalue weighted by atomic mass is 9.96. The summed E-state index contributed by atoms with van der Waals surface area (Å²) >= 11 is 1.42. The number of hydrogen-bond donors (Lipinski definition) is 0. The summed E-state index contributed by atoms with van der Waals surface area (Å²) < 4.78 is 18.7. The van der Waals surface area contributed by atoms with Gasteiger partial charge in [0.2, 0.25) is 0 Å². The smallest absolute Gasteiger partial charge is 0.270 e. The van der Waals surface area contributed by atoms with E-state index >= 15 is 0 Å². The number of benzene rings is 2. The summed E-state index contributed by atoms with van der Waals surface area (Å²) in [5, 5.41) is 0.853. The predicted molar refractivity (Wildman–Crippen MR) is 114 cm³/mol. The van der Waals surface area contributed by atoms with E-state index in [1.165, 1.54) is 34.6 Å². The molecule has 1 amide bonds. The molecule has 2 aromatic carbocycles. The van der Waals surface area contributed by atoms with Crippen molar-refractivity contribution in [3.8, 4) is 5.75 Å². The largest absolute Gasteiger partial charge is 0.495 e. The minimum Gasteiger partial charge on any atom is -0.495 e. The van der Waals surface area contributed by atoms with E-state index in [-0.39, 0.29) is 11.7 Å². The molecule has 0 aliphatic carbocycles. The fourth-order valence-electron chi connectivity index (χ4n) is 3.85. The van der Waals surface area contributed by atoms with Crippen molar-refractivity contribution in [3.63, 3.8) is 0 Å². The summed E-state index contributed by atoms with van der Waals surface area (Å²) in [5.74, 6) is 0.440. The number of carbonyl (C=O) groups excluding carboxylic acids is 1. The van der Waals surface area contributed by atoms with Crippen LogP contribution in [0.5, 0.6) is 5.75 Å². The minimum atomic E-state index is -0.257. The quantitative estimate of drug-likeness (QED) is 0.602. The number of nitrogens with zero attached hydrogens (tertiary/aromatic N) is 2. The Morgan fingerprint density at radius 3 is 2.69 bits per heavy atom. The van der Waals surface area contributed by atoms with Crippen LogP contribution in [0.2, 0.25) is 0 Å². The topological polar surface area (TPSA) is 42.4 Å². The Morgan fingerprint density at radius 1 is 1.21 bits per heavy atom. The highest BCUT2D eigenvalue weighted by Crippen LogP contribution is 2.39. The average Bonchev–Trinajstić information content (AvgIpc) is 3.09. The van der Waals surface area contributed by atoms with E-state index in [4.69, 9.17) is 4.74 Å². The Kier molecular flexibility index (Phi) is 5.37. The maximum Gasteiger partial charge on any atom is 0.270 e. The number of fused-ring (bicyclic) bond motifs is 1. The van der Waals surface area contributed by atoms with Gasteiger partial charge in [-0.2, -0.15) is 0 Å². The molecule has 1 aliphatic heterocycles. The number of methoxy groups -OCH3 is 1. The highest BCUT2D eigenvalue weighted by Gasteiger charge is 2.30. The molecule has 1 aromatic heterocycles. The van der Waals surface area contributed by atoms with E-state index in [9.17, 15) is 9.18 Å².